The van der Waals surface area contributed by atoms with Gasteiger partial charge in [0.15, 0.2) is 0 Å². The summed E-state index contributed by atoms with van der Waals surface area (Å²) in [5.74, 6) is -1.61. The molecular formula is C21H24ClN3O4S. The lowest BCUT2D eigenvalue weighted by atomic mass is 10.0. The Morgan fingerprint density at radius 3 is 2.43 bits per heavy atom. The van der Waals surface area contributed by atoms with Gasteiger partial charge in [0.25, 0.3) is 0 Å². The average Bonchev–Trinajstić information content (AvgIpc) is 2.76. The number of benzene rings is 2. The van der Waals surface area contributed by atoms with Gasteiger partial charge in [0.1, 0.15) is 0 Å². The van der Waals surface area contributed by atoms with E-state index in [0.29, 0.717) is 30.1 Å². The summed E-state index contributed by atoms with van der Waals surface area (Å²) < 4.78 is 27.5. The molecule has 9 heteroatoms. The van der Waals surface area contributed by atoms with E-state index in [0.717, 1.165) is 12.8 Å². The highest BCUT2D eigenvalue weighted by Gasteiger charge is 2.33. The Balaban J connectivity index is 1.57. The smallest absolute Gasteiger partial charge is 0.313 e. The maximum Gasteiger partial charge on any atom is 0.313 e. The molecule has 1 atom stereocenters. The molecule has 30 heavy (non-hydrogen) atoms. The fourth-order valence-electron chi connectivity index (χ4n) is 3.48. The number of halogens is 1. The van der Waals surface area contributed by atoms with E-state index in [1.165, 1.54) is 4.31 Å². The summed E-state index contributed by atoms with van der Waals surface area (Å²) in [4.78, 5) is 24.4. The fourth-order valence-corrected chi connectivity index (χ4v) is 5.41. The highest BCUT2D eigenvalue weighted by atomic mass is 35.5. The van der Waals surface area contributed by atoms with Crippen molar-refractivity contribution in [2.45, 2.75) is 36.6 Å². The number of hydrogen-bond donors (Lipinski definition) is 2. The molecule has 7 nitrogen and oxygen atoms in total. The number of rotatable bonds is 6. The Kier molecular flexibility index (Phi) is 7.47. The Hall–Kier alpha value is -2.42. The number of carbonyl (C=O) groups excluding carboxylic acids is 2. The Morgan fingerprint density at radius 2 is 1.70 bits per heavy atom. The van der Waals surface area contributed by atoms with Crippen LogP contribution >= 0.6 is 11.6 Å². The second-order valence-corrected chi connectivity index (χ2v) is 9.35. The predicted molar refractivity (Wildman–Crippen MR) is 116 cm³/mol. The first-order valence-corrected chi connectivity index (χ1v) is 11.6. The molecule has 2 amide bonds. The van der Waals surface area contributed by atoms with Gasteiger partial charge in [-0.25, -0.2) is 8.42 Å². The van der Waals surface area contributed by atoms with Crippen molar-refractivity contribution in [2.24, 2.45) is 0 Å². The van der Waals surface area contributed by atoms with Crippen molar-refractivity contribution in [3.63, 3.8) is 0 Å². The summed E-state index contributed by atoms with van der Waals surface area (Å²) in [5.41, 5.74) is 0.353. The molecule has 0 bridgehead atoms. The van der Waals surface area contributed by atoms with Crippen molar-refractivity contribution < 1.29 is 18.0 Å². The van der Waals surface area contributed by atoms with Gasteiger partial charge >= 0.3 is 11.8 Å². The highest BCUT2D eigenvalue weighted by Crippen LogP contribution is 2.26. The lowest BCUT2D eigenvalue weighted by Gasteiger charge is -2.34. The molecule has 1 fully saturated rings. The maximum atomic E-state index is 13.0. The molecular weight excluding hydrogens is 426 g/mol. The van der Waals surface area contributed by atoms with Crippen molar-refractivity contribution in [3.05, 3.63) is 59.6 Å². The summed E-state index contributed by atoms with van der Waals surface area (Å²) in [6.45, 7) is 0.642. The number of nitrogens with one attached hydrogen (secondary N) is 2. The zero-order chi connectivity index (χ0) is 21.6. The third-order valence-electron chi connectivity index (χ3n) is 5.01. The molecule has 1 aliphatic heterocycles. The van der Waals surface area contributed by atoms with E-state index < -0.39 is 21.8 Å². The minimum Gasteiger partial charge on any atom is -0.348 e. The van der Waals surface area contributed by atoms with Gasteiger partial charge in [0.2, 0.25) is 10.0 Å². The van der Waals surface area contributed by atoms with E-state index in [-0.39, 0.29) is 17.5 Å². The summed E-state index contributed by atoms with van der Waals surface area (Å²) in [6.07, 6.45) is 2.87. The van der Waals surface area contributed by atoms with Gasteiger partial charge in [-0.1, -0.05) is 48.4 Å². The highest BCUT2D eigenvalue weighted by molar-refractivity contribution is 7.89. The molecule has 2 aromatic rings. The second-order valence-electron chi connectivity index (χ2n) is 7.06. The third-order valence-corrected chi connectivity index (χ3v) is 7.31. The van der Waals surface area contributed by atoms with Gasteiger partial charge in [-0.15, -0.1) is 0 Å². The van der Waals surface area contributed by atoms with E-state index in [2.05, 4.69) is 10.6 Å². The third kappa shape index (κ3) is 5.38. The van der Waals surface area contributed by atoms with Gasteiger partial charge in [-0.05, 0) is 43.5 Å². The van der Waals surface area contributed by atoms with E-state index >= 15 is 0 Å². The van der Waals surface area contributed by atoms with Crippen LogP contribution in [-0.2, 0) is 19.6 Å². The van der Waals surface area contributed by atoms with Crippen LogP contribution in [0, 0.1) is 0 Å². The lowest BCUT2D eigenvalue weighted by Crippen LogP contribution is -2.45. The number of para-hydroxylation sites is 1. The molecule has 1 heterocycles. The van der Waals surface area contributed by atoms with Crippen LogP contribution in [0.25, 0.3) is 0 Å². The van der Waals surface area contributed by atoms with Crippen LogP contribution in [0.3, 0.4) is 0 Å². The quantitative estimate of drug-likeness (QED) is 0.662. The van der Waals surface area contributed by atoms with Crippen LogP contribution in [0.1, 0.15) is 25.7 Å². The molecule has 3 rings (SSSR count). The molecule has 0 spiro atoms. The molecule has 160 valence electrons. The topological polar surface area (TPSA) is 95.6 Å². The minimum atomic E-state index is -3.60. The van der Waals surface area contributed by atoms with E-state index in [4.69, 9.17) is 11.6 Å². The van der Waals surface area contributed by atoms with Crippen LogP contribution < -0.4 is 10.6 Å². The molecule has 0 aliphatic carbocycles. The molecule has 2 N–H and O–H groups in total. The first kappa shape index (κ1) is 22.3. The number of sulfonamides is 1. The van der Waals surface area contributed by atoms with Crippen LogP contribution in [0.4, 0.5) is 5.69 Å². The van der Waals surface area contributed by atoms with Gasteiger partial charge in [-0.3, -0.25) is 9.59 Å². The number of amides is 2. The molecule has 0 aromatic heterocycles. The molecule has 0 radical (unpaired) electrons. The van der Waals surface area contributed by atoms with E-state index in [1.807, 2.05) is 0 Å². The largest absolute Gasteiger partial charge is 0.348 e. The average molecular weight is 450 g/mol. The van der Waals surface area contributed by atoms with Crippen LogP contribution in [0.2, 0.25) is 5.02 Å². The maximum absolute atomic E-state index is 13.0. The molecule has 0 unspecified atom stereocenters. The van der Waals surface area contributed by atoms with Crippen molar-refractivity contribution in [2.75, 3.05) is 18.4 Å². The second kappa shape index (κ2) is 10.1. The molecule has 1 saturated heterocycles. The van der Waals surface area contributed by atoms with Gasteiger partial charge < -0.3 is 10.6 Å². The standard InChI is InChI=1S/C21H24ClN3O4S/c22-18-11-4-5-12-19(18)24-21(27)20(26)23-14-13-16-8-6-7-15-25(16)30(28,29)17-9-2-1-3-10-17/h1-5,9-12,16H,6-8,13-15H2,(H,23,26)(H,24,27)/t16-/m0/s1. The van der Waals surface area contributed by atoms with Crippen molar-refractivity contribution in [3.8, 4) is 0 Å². The van der Waals surface area contributed by atoms with E-state index in [1.54, 1.807) is 54.6 Å². The number of piperidine rings is 1. The monoisotopic (exact) mass is 449 g/mol. The Labute approximate surface area is 181 Å². The van der Waals surface area contributed by atoms with Crippen molar-refractivity contribution >= 4 is 39.1 Å². The zero-order valence-electron chi connectivity index (χ0n) is 16.4. The van der Waals surface area contributed by atoms with Crippen molar-refractivity contribution in [1.29, 1.82) is 0 Å². The Morgan fingerprint density at radius 1 is 1.00 bits per heavy atom. The van der Waals surface area contributed by atoms with Gasteiger partial charge in [0.05, 0.1) is 15.6 Å². The van der Waals surface area contributed by atoms with Crippen LogP contribution in [0.5, 0.6) is 0 Å². The van der Waals surface area contributed by atoms with Gasteiger partial charge in [0, 0.05) is 19.1 Å². The summed E-state index contributed by atoms with van der Waals surface area (Å²) in [7, 11) is -3.60. The normalized spacial score (nSPS) is 17.3. The zero-order valence-corrected chi connectivity index (χ0v) is 18.0. The van der Waals surface area contributed by atoms with E-state index in [9.17, 15) is 18.0 Å². The molecule has 1 aliphatic rings. The fraction of sp³-hybridized carbons (Fsp3) is 0.333. The number of anilines is 1. The Bertz CT molecular complexity index is 998. The minimum absolute atomic E-state index is 0.195. The van der Waals surface area contributed by atoms with Crippen molar-refractivity contribution in [1.82, 2.24) is 9.62 Å². The molecule has 2 aromatic carbocycles. The van der Waals surface area contributed by atoms with Gasteiger partial charge in [-0.2, -0.15) is 4.31 Å². The molecule has 0 saturated carbocycles. The number of hydrogen-bond acceptors (Lipinski definition) is 4. The predicted octanol–water partition coefficient (Wildman–Crippen LogP) is 3.03. The van der Waals surface area contributed by atoms with Crippen LogP contribution in [0.15, 0.2) is 59.5 Å². The summed E-state index contributed by atoms with van der Waals surface area (Å²) in [5, 5.41) is 5.37. The number of nitrogens with zero attached hydrogens (tertiary/aromatic N) is 1. The lowest BCUT2D eigenvalue weighted by molar-refractivity contribution is -0.136. The first-order valence-electron chi connectivity index (χ1n) is 9.80. The summed E-state index contributed by atoms with van der Waals surface area (Å²) in [6, 6.07) is 14.7. The SMILES string of the molecule is O=C(NCC[C@@H]1CCCCN1S(=O)(=O)c1ccccc1)C(=O)Nc1ccccc1Cl. The summed E-state index contributed by atoms with van der Waals surface area (Å²) >= 11 is 5.98. The number of carbonyl (C=O) groups is 2. The first-order chi connectivity index (χ1) is 14.4. The van der Waals surface area contributed by atoms with Crippen LogP contribution in [-0.4, -0.2) is 43.7 Å².